The predicted molar refractivity (Wildman–Crippen MR) is 142 cm³/mol. The number of aromatic nitrogens is 1. The number of Topliss-reactive ketones (excluding diaryl/α,β-unsaturated/α-hetero) is 1. The SMILES string of the molecule is COc1ccc(OC)c(C2C(=C(O)c3ccc(Cl)cc3)C(=O)C(=O)N2c2nc3ccc(OC)cc3s2)c1. The van der Waals surface area contributed by atoms with Crippen molar-refractivity contribution in [2.75, 3.05) is 26.2 Å². The summed E-state index contributed by atoms with van der Waals surface area (Å²) >= 11 is 7.25. The summed E-state index contributed by atoms with van der Waals surface area (Å²) in [5, 5.41) is 12.1. The Hall–Kier alpha value is -4.08. The molecule has 1 amide bonds. The van der Waals surface area contributed by atoms with E-state index in [0.29, 0.717) is 38.9 Å². The molecular weight excluding hydrogens is 516 g/mol. The molecule has 0 saturated carbocycles. The van der Waals surface area contributed by atoms with Gasteiger partial charge in [0.2, 0.25) is 0 Å². The van der Waals surface area contributed by atoms with Crippen LogP contribution < -0.4 is 19.1 Å². The lowest BCUT2D eigenvalue weighted by Crippen LogP contribution is -2.29. The number of hydrogen-bond acceptors (Lipinski definition) is 8. The molecule has 1 atom stereocenters. The van der Waals surface area contributed by atoms with Gasteiger partial charge in [-0.2, -0.15) is 0 Å². The van der Waals surface area contributed by atoms with Crippen LogP contribution in [0.3, 0.4) is 0 Å². The fourth-order valence-corrected chi connectivity index (χ4v) is 5.41. The van der Waals surface area contributed by atoms with Crippen LogP contribution in [0.2, 0.25) is 5.02 Å². The molecule has 4 aromatic rings. The number of carbonyl (C=O) groups excluding carboxylic acids is 2. The Morgan fingerprint density at radius 1 is 0.946 bits per heavy atom. The summed E-state index contributed by atoms with van der Waals surface area (Å²) in [6, 6.07) is 15.7. The number of aliphatic hydroxyl groups is 1. The van der Waals surface area contributed by atoms with Crippen LogP contribution in [0.25, 0.3) is 16.0 Å². The number of thiazole rings is 1. The highest BCUT2D eigenvalue weighted by atomic mass is 35.5. The average Bonchev–Trinajstić information content (AvgIpc) is 3.45. The van der Waals surface area contributed by atoms with E-state index in [9.17, 15) is 14.7 Å². The quantitative estimate of drug-likeness (QED) is 0.194. The highest BCUT2D eigenvalue weighted by Crippen LogP contribution is 2.47. The number of hydrogen-bond donors (Lipinski definition) is 1. The van der Waals surface area contributed by atoms with Gasteiger partial charge in [0.25, 0.3) is 5.78 Å². The van der Waals surface area contributed by atoms with Gasteiger partial charge in [-0.3, -0.25) is 14.5 Å². The van der Waals surface area contributed by atoms with Gasteiger partial charge < -0.3 is 19.3 Å². The molecule has 1 aromatic heterocycles. The topological polar surface area (TPSA) is 98.2 Å². The summed E-state index contributed by atoms with van der Waals surface area (Å²) in [7, 11) is 4.56. The van der Waals surface area contributed by atoms with Crippen molar-refractivity contribution in [2.24, 2.45) is 0 Å². The third-order valence-corrected chi connectivity index (χ3v) is 7.35. The molecule has 8 nitrogen and oxygen atoms in total. The van der Waals surface area contributed by atoms with E-state index in [1.807, 2.05) is 6.07 Å². The lowest BCUT2D eigenvalue weighted by molar-refractivity contribution is -0.132. The standard InChI is InChI=1S/C27H21ClN2O6S/c1-34-16-9-11-20(36-3)18(12-16)23-22(24(31)14-4-6-15(28)7-5-14)25(32)26(33)30(23)27-29-19-10-8-17(35-2)13-21(19)37-27/h4-13,23,31H,1-3H3. The van der Waals surface area contributed by atoms with Gasteiger partial charge in [0.15, 0.2) is 5.13 Å². The number of aliphatic hydroxyl groups excluding tert-OH is 1. The Morgan fingerprint density at radius 2 is 1.62 bits per heavy atom. The van der Waals surface area contributed by atoms with Crippen LogP contribution in [0.4, 0.5) is 5.13 Å². The highest BCUT2D eigenvalue weighted by molar-refractivity contribution is 7.22. The molecule has 37 heavy (non-hydrogen) atoms. The van der Waals surface area contributed by atoms with E-state index in [4.69, 9.17) is 25.8 Å². The first-order valence-electron chi connectivity index (χ1n) is 11.1. The maximum absolute atomic E-state index is 13.5. The van der Waals surface area contributed by atoms with Crippen molar-refractivity contribution in [1.82, 2.24) is 4.98 Å². The molecule has 0 bridgehead atoms. The van der Waals surface area contributed by atoms with Crippen molar-refractivity contribution >= 4 is 55.7 Å². The van der Waals surface area contributed by atoms with E-state index in [1.165, 1.54) is 30.5 Å². The molecule has 0 aliphatic carbocycles. The summed E-state index contributed by atoms with van der Waals surface area (Å²) in [4.78, 5) is 32.9. The maximum atomic E-state index is 13.5. The third-order valence-electron chi connectivity index (χ3n) is 6.08. The Labute approximate surface area is 221 Å². The molecule has 2 heterocycles. The first kappa shape index (κ1) is 24.6. The molecule has 1 saturated heterocycles. The van der Waals surface area contributed by atoms with Crippen molar-refractivity contribution in [1.29, 1.82) is 0 Å². The minimum absolute atomic E-state index is 0.101. The minimum Gasteiger partial charge on any atom is -0.507 e. The van der Waals surface area contributed by atoms with Crippen LogP contribution >= 0.6 is 22.9 Å². The molecule has 1 fully saturated rings. The fraction of sp³-hybridized carbons (Fsp3) is 0.148. The van der Waals surface area contributed by atoms with E-state index in [0.717, 1.165) is 4.70 Å². The Bertz CT molecular complexity index is 1560. The normalized spacial score (nSPS) is 16.9. The number of ether oxygens (including phenoxy) is 3. The zero-order chi connectivity index (χ0) is 26.3. The zero-order valence-corrected chi connectivity index (χ0v) is 21.6. The van der Waals surface area contributed by atoms with E-state index >= 15 is 0 Å². The molecule has 0 spiro atoms. The number of methoxy groups -OCH3 is 3. The van der Waals surface area contributed by atoms with E-state index in [2.05, 4.69) is 4.98 Å². The summed E-state index contributed by atoms with van der Waals surface area (Å²) < 4.78 is 17.1. The molecule has 5 rings (SSSR count). The molecule has 188 valence electrons. The number of ketones is 1. The average molecular weight is 537 g/mol. The Kier molecular flexibility index (Phi) is 6.49. The second-order valence-electron chi connectivity index (χ2n) is 8.11. The smallest absolute Gasteiger partial charge is 0.301 e. The van der Waals surface area contributed by atoms with Crippen LogP contribution in [-0.2, 0) is 9.59 Å². The van der Waals surface area contributed by atoms with Gasteiger partial charge in [0.1, 0.15) is 29.0 Å². The monoisotopic (exact) mass is 536 g/mol. The van der Waals surface area contributed by atoms with Gasteiger partial charge in [-0.05, 0) is 60.7 Å². The van der Waals surface area contributed by atoms with Crippen molar-refractivity contribution in [3.63, 3.8) is 0 Å². The van der Waals surface area contributed by atoms with Gasteiger partial charge in [-0.15, -0.1) is 0 Å². The number of carbonyl (C=O) groups is 2. The fourth-order valence-electron chi connectivity index (χ4n) is 4.26. The van der Waals surface area contributed by atoms with Crippen LogP contribution in [0.1, 0.15) is 17.2 Å². The number of fused-ring (bicyclic) bond motifs is 1. The minimum atomic E-state index is -1.04. The number of benzene rings is 3. The van der Waals surface area contributed by atoms with Crippen molar-refractivity contribution in [2.45, 2.75) is 6.04 Å². The number of anilines is 1. The van der Waals surface area contributed by atoms with E-state index < -0.39 is 17.7 Å². The van der Waals surface area contributed by atoms with E-state index in [1.54, 1.807) is 61.7 Å². The van der Waals surface area contributed by atoms with Gasteiger partial charge in [0, 0.05) is 16.1 Å². The first-order chi connectivity index (χ1) is 17.9. The summed E-state index contributed by atoms with van der Waals surface area (Å²) in [6.07, 6.45) is 0. The first-order valence-corrected chi connectivity index (χ1v) is 12.3. The lowest BCUT2D eigenvalue weighted by Gasteiger charge is -2.25. The van der Waals surface area contributed by atoms with Crippen molar-refractivity contribution < 1.29 is 28.9 Å². The third kappa shape index (κ3) is 4.26. The highest BCUT2D eigenvalue weighted by Gasteiger charge is 2.49. The molecule has 1 aliphatic rings. The van der Waals surface area contributed by atoms with Gasteiger partial charge in [-0.1, -0.05) is 22.9 Å². The predicted octanol–water partition coefficient (Wildman–Crippen LogP) is 5.60. The maximum Gasteiger partial charge on any atom is 0.301 e. The van der Waals surface area contributed by atoms with Crippen LogP contribution in [0.5, 0.6) is 17.2 Å². The molecule has 0 radical (unpaired) electrons. The zero-order valence-electron chi connectivity index (χ0n) is 20.0. The van der Waals surface area contributed by atoms with Crippen molar-refractivity contribution in [3.05, 3.63) is 82.4 Å². The second-order valence-corrected chi connectivity index (χ2v) is 9.56. The molecule has 1 unspecified atom stereocenters. The second kappa shape index (κ2) is 9.76. The van der Waals surface area contributed by atoms with Gasteiger partial charge in [-0.25, -0.2) is 4.98 Å². The van der Waals surface area contributed by atoms with Crippen LogP contribution in [0.15, 0.2) is 66.2 Å². The van der Waals surface area contributed by atoms with Gasteiger partial charge in [0.05, 0.1) is 37.1 Å². The lowest BCUT2D eigenvalue weighted by atomic mass is 9.94. The van der Waals surface area contributed by atoms with Crippen LogP contribution in [0, 0.1) is 0 Å². The molecular formula is C27H21ClN2O6S. The molecule has 10 heteroatoms. The van der Waals surface area contributed by atoms with Crippen molar-refractivity contribution in [3.8, 4) is 17.2 Å². The number of nitrogens with zero attached hydrogens (tertiary/aromatic N) is 2. The molecule has 1 aliphatic heterocycles. The van der Waals surface area contributed by atoms with E-state index in [-0.39, 0.29) is 16.5 Å². The molecule has 3 aromatic carbocycles. The van der Waals surface area contributed by atoms with Gasteiger partial charge >= 0.3 is 5.91 Å². The molecule has 1 N–H and O–H groups in total. The summed E-state index contributed by atoms with van der Waals surface area (Å²) in [6.45, 7) is 0. The van der Waals surface area contributed by atoms with Crippen LogP contribution in [-0.4, -0.2) is 43.1 Å². The summed E-state index contributed by atoms with van der Waals surface area (Å²) in [5.41, 5.74) is 1.32. The Morgan fingerprint density at radius 3 is 2.30 bits per heavy atom. The summed E-state index contributed by atoms with van der Waals surface area (Å²) in [5.74, 6) is -0.478. The number of amides is 1. The number of halogens is 1. The largest absolute Gasteiger partial charge is 0.507 e. The number of rotatable bonds is 6. The Balaban J connectivity index is 1.77.